The molecule has 0 bridgehead atoms. The first-order valence-corrected chi connectivity index (χ1v) is 6.36. The van der Waals surface area contributed by atoms with Crippen molar-refractivity contribution < 1.29 is 0 Å². The number of nitrogens with one attached hydrogen (secondary N) is 1. The Morgan fingerprint density at radius 3 is 2.44 bits per heavy atom. The summed E-state index contributed by atoms with van der Waals surface area (Å²) in [7, 11) is 0. The number of aromatic nitrogens is 2. The van der Waals surface area contributed by atoms with Gasteiger partial charge >= 0.3 is 0 Å². The Balaban J connectivity index is 2.60. The van der Waals surface area contributed by atoms with Crippen LogP contribution in [0, 0.1) is 5.92 Å². The Labute approximate surface area is 99.2 Å². The van der Waals surface area contributed by atoms with Crippen LogP contribution in [-0.2, 0) is 6.54 Å². The summed E-state index contributed by atoms with van der Waals surface area (Å²) in [6.07, 6.45) is 5.27. The molecule has 1 N–H and O–H groups in total. The van der Waals surface area contributed by atoms with Crippen LogP contribution in [0.2, 0.25) is 0 Å². The standard InChI is InChI=1S/C13H25N3/c1-6-13(10(3)4)15-11(5)12-8-14-16(7-2)9-12/h8-11,13,15H,6-7H2,1-5H3. The van der Waals surface area contributed by atoms with Crippen LogP contribution in [-0.4, -0.2) is 15.8 Å². The summed E-state index contributed by atoms with van der Waals surface area (Å²) in [5, 5.41) is 7.98. The molecule has 3 heteroatoms. The van der Waals surface area contributed by atoms with E-state index in [2.05, 4.69) is 51.2 Å². The zero-order chi connectivity index (χ0) is 12.1. The third kappa shape index (κ3) is 3.34. The van der Waals surface area contributed by atoms with Gasteiger partial charge in [-0.15, -0.1) is 0 Å². The largest absolute Gasteiger partial charge is 0.307 e. The molecule has 0 amide bonds. The molecule has 0 aromatic carbocycles. The van der Waals surface area contributed by atoms with E-state index >= 15 is 0 Å². The summed E-state index contributed by atoms with van der Waals surface area (Å²) in [4.78, 5) is 0. The van der Waals surface area contributed by atoms with Crippen LogP contribution >= 0.6 is 0 Å². The highest BCUT2D eigenvalue weighted by atomic mass is 15.3. The molecule has 0 fully saturated rings. The van der Waals surface area contributed by atoms with E-state index in [0.29, 0.717) is 18.0 Å². The van der Waals surface area contributed by atoms with Gasteiger partial charge in [0.25, 0.3) is 0 Å². The van der Waals surface area contributed by atoms with Crippen molar-refractivity contribution in [1.29, 1.82) is 0 Å². The van der Waals surface area contributed by atoms with Crippen molar-refractivity contribution in [2.75, 3.05) is 0 Å². The second-order valence-corrected chi connectivity index (χ2v) is 4.78. The maximum absolute atomic E-state index is 4.31. The summed E-state index contributed by atoms with van der Waals surface area (Å²) in [6.45, 7) is 12.0. The summed E-state index contributed by atoms with van der Waals surface area (Å²) in [6, 6.07) is 0.965. The molecule has 3 nitrogen and oxygen atoms in total. The van der Waals surface area contributed by atoms with Crippen molar-refractivity contribution in [1.82, 2.24) is 15.1 Å². The molecule has 1 aromatic heterocycles. The zero-order valence-electron chi connectivity index (χ0n) is 11.2. The highest BCUT2D eigenvalue weighted by Gasteiger charge is 2.15. The van der Waals surface area contributed by atoms with Gasteiger partial charge in [-0.3, -0.25) is 4.68 Å². The van der Waals surface area contributed by atoms with Gasteiger partial charge in [0.2, 0.25) is 0 Å². The predicted octanol–water partition coefficient (Wildman–Crippen LogP) is 2.99. The van der Waals surface area contributed by atoms with Crippen LogP contribution in [0.4, 0.5) is 0 Å². The van der Waals surface area contributed by atoms with Crippen molar-refractivity contribution in [2.45, 2.75) is 59.7 Å². The number of rotatable bonds is 6. The fraction of sp³-hybridized carbons (Fsp3) is 0.769. The van der Waals surface area contributed by atoms with Crippen molar-refractivity contribution in [2.24, 2.45) is 5.92 Å². The third-order valence-corrected chi connectivity index (χ3v) is 3.19. The molecular weight excluding hydrogens is 198 g/mol. The van der Waals surface area contributed by atoms with Crippen LogP contribution in [0.3, 0.4) is 0 Å². The van der Waals surface area contributed by atoms with Crippen LogP contribution in [0.25, 0.3) is 0 Å². The minimum Gasteiger partial charge on any atom is -0.307 e. The van der Waals surface area contributed by atoms with Gasteiger partial charge in [-0.05, 0) is 26.2 Å². The topological polar surface area (TPSA) is 29.9 Å². The summed E-state index contributed by atoms with van der Waals surface area (Å²) in [5.74, 6) is 0.675. The average Bonchev–Trinajstić information content (AvgIpc) is 2.73. The average molecular weight is 223 g/mol. The van der Waals surface area contributed by atoms with Gasteiger partial charge in [-0.2, -0.15) is 5.10 Å². The van der Waals surface area contributed by atoms with Crippen molar-refractivity contribution in [3.05, 3.63) is 18.0 Å². The predicted molar refractivity (Wildman–Crippen MR) is 68.4 cm³/mol. The maximum atomic E-state index is 4.31. The Morgan fingerprint density at radius 1 is 1.31 bits per heavy atom. The molecule has 0 aliphatic carbocycles. The van der Waals surface area contributed by atoms with E-state index in [9.17, 15) is 0 Å². The molecule has 2 atom stereocenters. The molecule has 1 rings (SSSR count). The lowest BCUT2D eigenvalue weighted by Crippen LogP contribution is -2.35. The Kier molecular flexibility index (Phi) is 5.00. The molecule has 1 heterocycles. The number of hydrogen-bond donors (Lipinski definition) is 1. The lowest BCUT2D eigenvalue weighted by molar-refractivity contribution is 0.355. The molecule has 16 heavy (non-hydrogen) atoms. The van der Waals surface area contributed by atoms with E-state index in [1.807, 2.05) is 10.9 Å². The van der Waals surface area contributed by atoms with E-state index in [-0.39, 0.29) is 0 Å². The highest BCUT2D eigenvalue weighted by Crippen LogP contribution is 2.15. The van der Waals surface area contributed by atoms with Gasteiger partial charge in [0.15, 0.2) is 0 Å². The first-order chi connectivity index (χ1) is 7.58. The van der Waals surface area contributed by atoms with Crippen LogP contribution in [0.1, 0.15) is 52.6 Å². The number of nitrogens with zero attached hydrogens (tertiary/aromatic N) is 2. The minimum absolute atomic E-state index is 0.382. The lowest BCUT2D eigenvalue weighted by atomic mass is 10.00. The van der Waals surface area contributed by atoms with Gasteiger partial charge in [-0.1, -0.05) is 20.8 Å². The number of hydrogen-bond acceptors (Lipinski definition) is 2. The van der Waals surface area contributed by atoms with Crippen molar-refractivity contribution in [3.63, 3.8) is 0 Å². The smallest absolute Gasteiger partial charge is 0.0537 e. The molecule has 0 aliphatic rings. The molecule has 0 radical (unpaired) electrons. The van der Waals surface area contributed by atoms with Gasteiger partial charge < -0.3 is 5.32 Å². The summed E-state index contributed by atoms with van der Waals surface area (Å²) >= 11 is 0. The van der Waals surface area contributed by atoms with Gasteiger partial charge in [0.05, 0.1) is 6.20 Å². The SMILES string of the molecule is CCC(NC(C)c1cnn(CC)c1)C(C)C. The minimum atomic E-state index is 0.382. The second-order valence-electron chi connectivity index (χ2n) is 4.78. The molecule has 0 aliphatic heterocycles. The fourth-order valence-corrected chi connectivity index (χ4v) is 1.98. The van der Waals surface area contributed by atoms with E-state index in [0.717, 1.165) is 6.54 Å². The van der Waals surface area contributed by atoms with Crippen LogP contribution < -0.4 is 5.32 Å². The second kappa shape index (κ2) is 6.04. The lowest BCUT2D eigenvalue weighted by Gasteiger charge is -2.24. The highest BCUT2D eigenvalue weighted by molar-refractivity contribution is 5.09. The third-order valence-electron chi connectivity index (χ3n) is 3.19. The van der Waals surface area contributed by atoms with Crippen molar-refractivity contribution >= 4 is 0 Å². The van der Waals surface area contributed by atoms with E-state index in [1.54, 1.807) is 0 Å². The molecule has 0 spiro atoms. The quantitative estimate of drug-likeness (QED) is 0.803. The van der Waals surface area contributed by atoms with Crippen LogP contribution in [0.15, 0.2) is 12.4 Å². The van der Waals surface area contributed by atoms with Crippen LogP contribution in [0.5, 0.6) is 0 Å². The van der Waals surface area contributed by atoms with Crippen molar-refractivity contribution in [3.8, 4) is 0 Å². The maximum Gasteiger partial charge on any atom is 0.0537 e. The molecule has 92 valence electrons. The molecule has 2 unspecified atom stereocenters. The molecule has 0 saturated heterocycles. The van der Waals surface area contributed by atoms with Gasteiger partial charge in [0.1, 0.15) is 0 Å². The number of aryl methyl sites for hydroxylation is 1. The Morgan fingerprint density at radius 2 is 2.00 bits per heavy atom. The normalized spacial score (nSPS) is 15.4. The van der Waals surface area contributed by atoms with E-state index in [4.69, 9.17) is 0 Å². The summed E-state index contributed by atoms with van der Waals surface area (Å²) in [5.41, 5.74) is 1.28. The van der Waals surface area contributed by atoms with Gasteiger partial charge in [0, 0.05) is 30.4 Å². The fourth-order valence-electron chi connectivity index (χ4n) is 1.98. The Bertz CT molecular complexity index is 304. The molecule has 0 saturated carbocycles. The molecular formula is C13H25N3. The monoisotopic (exact) mass is 223 g/mol. The Hall–Kier alpha value is -0.830. The zero-order valence-corrected chi connectivity index (χ0v) is 11.2. The summed E-state index contributed by atoms with van der Waals surface area (Å²) < 4.78 is 1.98. The first kappa shape index (κ1) is 13.2. The van der Waals surface area contributed by atoms with E-state index < -0.39 is 0 Å². The van der Waals surface area contributed by atoms with E-state index in [1.165, 1.54) is 12.0 Å². The first-order valence-electron chi connectivity index (χ1n) is 6.36. The van der Waals surface area contributed by atoms with Gasteiger partial charge in [-0.25, -0.2) is 0 Å². The molecule has 1 aromatic rings.